The van der Waals surface area contributed by atoms with Crippen molar-refractivity contribution in [2.45, 2.75) is 12.1 Å². The third-order valence-corrected chi connectivity index (χ3v) is 3.96. The molecule has 1 N–H and O–H groups in total. The smallest absolute Gasteiger partial charge is 0.420 e. The van der Waals surface area contributed by atoms with Gasteiger partial charge in [-0.3, -0.25) is 9.48 Å². The van der Waals surface area contributed by atoms with Crippen molar-refractivity contribution in [1.29, 1.82) is 0 Å². The summed E-state index contributed by atoms with van der Waals surface area (Å²) in [6.07, 6.45) is 1.56. The van der Waals surface area contributed by atoms with Gasteiger partial charge in [-0.05, 0) is 36.4 Å². The lowest BCUT2D eigenvalue weighted by molar-refractivity contribution is -0.0964. The zero-order valence-electron chi connectivity index (χ0n) is 13.7. The highest BCUT2D eigenvalue weighted by atomic mass is 35.5. The van der Waals surface area contributed by atoms with Crippen LogP contribution in [0.2, 0.25) is 0 Å². The molecule has 3 heterocycles. The van der Waals surface area contributed by atoms with E-state index in [0.717, 1.165) is 0 Å². The van der Waals surface area contributed by atoms with E-state index in [9.17, 15) is 13.6 Å². The van der Waals surface area contributed by atoms with E-state index in [1.807, 2.05) is 0 Å². The molecule has 3 aromatic rings. The molecule has 2 aromatic heterocycles. The third kappa shape index (κ3) is 3.72. The second-order valence-electron chi connectivity index (χ2n) is 5.73. The van der Waals surface area contributed by atoms with E-state index in [2.05, 4.69) is 25.1 Å². The molecular formula is C17H12ClF2N5O2. The molecule has 0 radical (unpaired) electrons. The van der Waals surface area contributed by atoms with Crippen molar-refractivity contribution >= 4 is 17.5 Å². The second kappa shape index (κ2) is 6.58. The Labute approximate surface area is 157 Å². The topological polar surface area (TPSA) is 81.9 Å². The summed E-state index contributed by atoms with van der Waals surface area (Å²) >= 11 is 4.75. The van der Waals surface area contributed by atoms with E-state index in [1.54, 1.807) is 35.1 Å². The fraction of sp³-hybridized carbons (Fsp3) is 0.176. The maximum absolute atomic E-state index is 12.7. The molecule has 4 rings (SSSR count). The molecular weight excluding hydrogens is 380 g/mol. The molecule has 0 spiro atoms. The first-order valence-corrected chi connectivity index (χ1v) is 8.32. The predicted octanol–water partition coefficient (Wildman–Crippen LogP) is 2.92. The molecule has 27 heavy (non-hydrogen) atoms. The Morgan fingerprint density at radius 3 is 2.67 bits per heavy atom. The van der Waals surface area contributed by atoms with Crippen molar-refractivity contribution in [3.05, 3.63) is 48.3 Å². The Hall–Kier alpha value is -3.07. The Kier molecular flexibility index (Phi) is 4.23. The van der Waals surface area contributed by atoms with Gasteiger partial charge in [0.25, 0.3) is 5.91 Å². The number of fused-ring (bicyclic) bond motifs is 1. The highest BCUT2D eigenvalue weighted by Gasteiger charge is 2.27. The summed E-state index contributed by atoms with van der Waals surface area (Å²) < 4.78 is 31.3. The Balaban J connectivity index is 1.62. The quantitative estimate of drug-likeness (QED) is 0.691. The van der Waals surface area contributed by atoms with Crippen LogP contribution in [0.5, 0.6) is 5.75 Å². The van der Waals surface area contributed by atoms with E-state index < -0.39 is 5.57 Å². The van der Waals surface area contributed by atoms with E-state index in [1.165, 1.54) is 12.1 Å². The number of aromatic nitrogens is 4. The molecule has 1 aliphatic heterocycles. The zero-order chi connectivity index (χ0) is 19.0. The first-order valence-electron chi connectivity index (χ1n) is 7.95. The summed E-state index contributed by atoms with van der Waals surface area (Å²) in [7, 11) is 0. The lowest BCUT2D eigenvalue weighted by Crippen LogP contribution is -2.35. The van der Waals surface area contributed by atoms with Crippen LogP contribution in [0.3, 0.4) is 0 Å². The van der Waals surface area contributed by atoms with E-state index >= 15 is 0 Å². The van der Waals surface area contributed by atoms with Gasteiger partial charge in [0.05, 0.1) is 12.2 Å². The summed E-state index contributed by atoms with van der Waals surface area (Å²) in [5.41, 5.74) is -1.61. The molecule has 138 valence electrons. The van der Waals surface area contributed by atoms with Crippen molar-refractivity contribution < 1.29 is 18.3 Å². The van der Waals surface area contributed by atoms with Gasteiger partial charge in [0.1, 0.15) is 17.1 Å². The summed E-state index contributed by atoms with van der Waals surface area (Å²) in [5, 5.41) is 7.16. The number of nitrogens with one attached hydrogen (secondary N) is 1. The van der Waals surface area contributed by atoms with Crippen LogP contribution in [0.4, 0.5) is 8.78 Å². The normalized spacial score (nSPS) is 13.8. The van der Waals surface area contributed by atoms with E-state index in [-0.39, 0.29) is 11.7 Å². The molecule has 1 aliphatic rings. The number of carbonyl (C=O) groups is 1. The van der Waals surface area contributed by atoms with Crippen LogP contribution >= 0.6 is 11.6 Å². The van der Waals surface area contributed by atoms with Crippen molar-refractivity contribution in [2.75, 3.05) is 6.54 Å². The third-order valence-electron chi connectivity index (χ3n) is 3.89. The predicted molar refractivity (Wildman–Crippen MR) is 92.5 cm³/mol. The first-order chi connectivity index (χ1) is 12.9. The number of alkyl halides is 3. The molecule has 0 saturated carbocycles. The van der Waals surface area contributed by atoms with Gasteiger partial charge in [-0.25, -0.2) is 9.97 Å². The average molecular weight is 392 g/mol. The largest absolute Gasteiger partial charge is 0.487 e. The Morgan fingerprint density at radius 1 is 1.19 bits per heavy atom. The molecule has 7 nitrogen and oxygen atoms in total. The summed E-state index contributed by atoms with van der Waals surface area (Å²) in [4.78, 5) is 20.5. The number of ether oxygens (including phenoxy) is 1. The minimum absolute atomic E-state index is 0.0808. The molecule has 1 amide bonds. The molecule has 0 saturated heterocycles. The monoisotopic (exact) mass is 391 g/mol. The van der Waals surface area contributed by atoms with Crippen LogP contribution in [0.25, 0.3) is 22.8 Å². The number of amides is 1. The standard InChI is InChI=1S/C17H12ClF2N5O2/c18-17(19,20)27-11-3-1-10(2-4-11)15-21-6-5-12(23-15)13-9-14-16(26)22-7-8-25(14)24-13/h1-6,9H,7-8H2,(H,22,26). The maximum atomic E-state index is 12.7. The molecule has 0 fully saturated rings. The zero-order valence-corrected chi connectivity index (χ0v) is 14.5. The van der Waals surface area contributed by atoms with Crippen molar-refractivity contribution in [1.82, 2.24) is 25.1 Å². The maximum Gasteiger partial charge on any atom is 0.487 e. The Bertz CT molecular complexity index is 1000. The number of hydrogen-bond acceptors (Lipinski definition) is 5. The lowest BCUT2D eigenvalue weighted by Gasteiger charge is -2.13. The fourth-order valence-corrected chi connectivity index (χ4v) is 2.80. The van der Waals surface area contributed by atoms with Crippen molar-refractivity contribution in [3.8, 4) is 28.5 Å². The van der Waals surface area contributed by atoms with Gasteiger partial charge in [0, 0.05) is 29.9 Å². The highest BCUT2D eigenvalue weighted by Crippen LogP contribution is 2.27. The van der Waals surface area contributed by atoms with Gasteiger partial charge in [-0.1, -0.05) is 0 Å². The van der Waals surface area contributed by atoms with Crippen molar-refractivity contribution in [3.63, 3.8) is 0 Å². The summed E-state index contributed by atoms with van der Waals surface area (Å²) in [6, 6.07) is 9.13. The summed E-state index contributed by atoms with van der Waals surface area (Å²) in [6.45, 7) is 1.11. The minimum atomic E-state index is -3.77. The Morgan fingerprint density at radius 2 is 1.96 bits per heavy atom. The van der Waals surface area contributed by atoms with Gasteiger partial charge >= 0.3 is 5.57 Å². The number of hydrogen-bond donors (Lipinski definition) is 1. The number of benzene rings is 1. The molecule has 0 aliphatic carbocycles. The molecule has 0 bridgehead atoms. The van der Waals surface area contributed by atoms with Crippen LogP contribution in [0.1, 0.15) is 10.5 Å². The fourth-order valence-electron chi connectivity index (χ4n) is 2.71. The van der Waals surface area contributed by atoms with Crippen LogP contribution in [0, 0.1) is 0 Å². The number of rotatable bonds is 4. The minimum Gasteiger partial charge on any atom is -0.420 e. The molecule has 0 unspecified atom stereocenters. The van der Waals surface area contributed by atoms with Crippen LogP contribution in [0.15, 0.2) is 42.6 Å². The van der Waals surface area contributed by atoms with Gasteiger partial charge in [-0.15, -0.1) is 8.78 Å². The molecule has 1 aromatic carbocycles. The van der Waals surface area contributed by atoms with Gasteiger partial charge in [-0.2, -0.15) is 5.10 Å². The molecule has 10 heteroatoms. The van der Waals surface area contributed by atoms with Crippen LogP contribution in [-0.2, 0) is 6.54 Å². The number of nitrogens with zero attached hydrogens (tertiary/aromatic N) is 4. The highest BCUT2D eigenvalue weighted by molar-refractivity contribution is 6.20. The van der Waals surface area contributed by atoms with Gasteiger partial charge in [0.15, 0.2) is 5.82 Å². The van der Waals surface area contributed by atoms with E-state index in [0.29, 0.717) is 41.6 Å². The van der Waals surface area contributed by atoms with Crippen molar-refractivity contribution in [2.24, 2.45) is 0 Å². The van der Waals surface area contributed by atoms with E-state index in [4.69, 9.17) is 11.6 Å². The lowest BCUT2D eigenvalue weighted by atomic mass is 10.2. The SMILES string of the molecule is O=C1NCCn2nc(-c3ccnc(-c4ccc(OC(F)(F)Cl)cc4)n3)cc21. The van der Waals surface area contributed by atoms with Crippen LogP contribution in [-0.4, -0.2) is 37.8 Å². The first kappa shape index (κ1) is 17.3. The number of carbonyl (C=O) groups excluding carboxylic acids is 1. The average Bonchev–Trinajstić information content (AvgIpc) is 3.07. The number of halogens is 3. The van der Waals surface area contributed by atoms with Crippen LogP contribution < -0.4 is 10.1 Å². The molecule has 0 atom stereocenters. The van der Waals surface area contributed by atoms with Gasteiger partial charge < -0.3 is 10.1 Å². The second-order valence-corrected chi connectivity index (χ2v) is 6.17. The summed E-state index contributed by atoms with van der Waals surface area (Å²) in [5.74, 6) is 0.121. The van der Waals surface area contributed by atoms with Gasteiger partial charge in [0.2, 0.25) is 0 Å².